The molecule has 124 valence electrons. The van der Waals surface area contributed by atoms with Crippen molar-refractivity contribution in [1.29, 1.82) is 0 Å². The second kappa shape index (κ2) is 5.51. The third kappa shape index (κ3) is 2.50. The van der Waals surface area contributed by atoms with Crippen LogP contribution in [0.15, 0.2) is 41.3 Å². The summed E-state index contributed by atoms with van der Waals surface area (Å²) in [4.78, 5) is 23.9. The summed E-state index contributed by atoms with van der Waals surface area (Å²) in [6, 6.07) is 10.1. The number of carbonyl (C=O) groups excluding carboxylic acids is 1. The fourth-order valence-electron chi connectivity index (χ4n) is 3.93. The first-order chi connectivity index (χ1) is 11.5. The van der Waals surface area contributed by atoms with Gasteiger partial charge in [-0.15, -0.1) is 0 Å². The van der Waals surface area contributed by atoms with Crippen LogP contribution in [-0.2, 0) is 13.5 Å². The Bertz CT molecular complexity index is 871. The average Bonchev–Trinajstić information content (AvgIpc) is 3.26. The number of pyridine rings is 1. The number of fused-ring (bicyclic) bond motifs is 3. The Labute approximate surface area is 140 Å². The molecular weight excluding hydrogens is 302 g/mol. The molecule has 1 heterocycles. The van der Waals surface area contributed by atoms with E-state index in [9.17, 15) is 9.59 Å². The van der Waals surface area contributed by atoms with E-state index in [4.69, 9.17) is 0 Å². The van der Waals surface area contributed by atoms with E-state index in [0.29, 0.717) is 17.5 Å². The van der Waals surface area contributed by atoms with E-state index < -0.39 is 0 Å². The van der Waals surface area contributed by atoms with E-state index in [1.807, 2.05) is 6.92 Å². The lowest BCUT2D eigenvalue weighted by atomic mass is 9.92. The molecule has 1 aromatic heterocycles. The monoisotopic (exact) mass is 323 g/mol. The van der Waals surface area contributed by atoms with Gasteiger partial charge < -0.3 is 15.2 Å². The second-order valence-electron chi connectivity index (χ2n) is 6.87. The maximum Gasteiger partial charge on any atom is 0.319 e. The van der Waals surface area contributed by atoms with E-state index in [1.54, 1.807) is 13.2 Å². The van der Waals surface area contributed by atoms with E-state index in [0.717, 1.165) is 18.4 Å². The van der Waals surface area contributed by atoms with Gasteiger partial charge in [0.05, 0.1) is 5.69 Å². The molecule has 0 unspecified atom stereocenters. The lowest BCUT2D eigenvalue weighted by Crippen LogP contribution is -2.32. The van der Waals surface area contributed by atoms with Crippen LogP contribution in [0.2, 0.25) is 0 Å². The largest absolute Gasteiger partial charge is 0.334 e. The van der Waals surface area contributed by atoms with Gasteiger partial charge >= 0.3 is 6.03 Å². The zero-order chi connectivity index (χ0) is 16.8. The number of hydrogen-bond donors (Lipinski definition) is 2. The number of rotatable bonds is 2. The molecule has 24 heavy (non-hydrogen) atoms. The minimum absolute atomic E-state index is 0.0803. The number of benzene rings is 1. The molecule has 1 aromatic carbocycles. The minimum Gasteiger partial charge on any atom is -0.334 e. The Kier molecular flexibility index (Phi) is 3.44. The molecule has 4 rings (SSSR count). The summed E-state index contributed by atoms with van der Waals surface area (Å²) in [7, 11) is 1.68. The molecule has 5 nitrogen and oxygen atoms in total. The molecule has 0 saturated heterocycles. The first-order valence-electron chi connectivity index (χ1n) is 8.37. The van der Waals surface area contributed by atoms with Crippen molar-refractivity contribution in [3.63, 3.8) is 0 Å². The highest BCUT2D eigenvalue weighted by atomic mass is 16.2. The number of nitrogens with zero attached hydrogens (tertiary/aromatic N) is 1. The third-order valence-corrected chi connectivity index (χ3v) is 5.31. The summed E-state index contributed by atoms with van der Waals surface area (Å²) < 4.78 is 1.47. The van der Waals surface area contributed by atoms with Crippen molar-refractivity contribution < 1.29 is 4.79 Å². The van der Waals surface area contributed by atoms with Crippen LogP contribution < -0.4 is 16.2 Å². The maximum atomic E-state index is 12.4. The lowest BCUT2D eigenvalue weighted by Gasteiger charge is -2.13. The van der Waals surface area contributed by atoms with Crippen molar-refractivity contribution in [2.75, 3.05) is 5.32 Å². The van der Waals surface area contributed by atoms with E-state index in [-0.39, 0.29) is 17.6 Å². The van der Waals surface area contributed by atoms with Crippen LogP contribution in [0.1, 0.15) is 29.0 Å². The van der Waals surface area contributed by atoms with Crippen molar-refractivity contribution in [2.45, 2.75) is 31.7 Å². The molecule has 0 radical (unpaired) electrons. The van der Waals surface area contributed by atoms with Gasteiger partial charge in [-0.25, -0.2) is 4.79 Å². The zero-order valence-electron chi connectivity index (χ0n) is 13.9. The van der Waals surface area contributed by atoms with Gasteiger partial charge in [0.15, 0.2) is 0 Å². The average molecular weight is 323 g/mol. The van der Waals surface area contributed by atoms with Crippen molar-refractivity contribution in [3.05, 3.63) is 63.6 Å². The van der Waals surface area contributed by atoms with Gasteiger partial charge in [0.1, 0.15) is 0 Å². The first-order valence-corrected chi connectivity index (χ1v) is 8.37. The lowest BCUT2D eigenvalue weighted by molar-refractivity contribution is 0.251. The van der Waals surface area contributed by atoms with Gasteiger partial charge in [-0.05, 0) is 42.4 Å². The second-order valence-corrected chi connectivity index (χ2v) is 6.87. The Morgan fingerprint density at radius 1 is 1.29 bits per heavy atom. The van der Waals surface area contributed by atoms with Crippen LogP contribution in [0, 0.1) is 12.8 Å². The number of amides is 2. The summed E-state index contributed by atoms with van der Waals surface area (Å²) in [5.74, 6) is 0.994. The quantitative estimate of drug-likeness (QED) is 0.892. The van der Waals surface area contributed by atoms with Gasteiger partial charge in [0.2, 0.25) is 0 Å². The molecule has 2 aromatic rings. The summed E-state index contributed by atoms with van der Waals surface area (Å²) in [5, 5.41) is 5.98. The van der Waals surface area contributed by atoms with Crippen LogP contribution >= 0.6 is 0 Å². The van der Waals surface area contributed by atoms with Crippen LogP contribution in [-0.4, -0.2) is 16.6 Å². The Hall–Kier alpha value is -2.56. The minimum atomic E-state index is -0.200. The Morgan fingerprint density at radius 3 is 2.92 bits per heavy atom. The number of urea groups is 1. The molecule has 2 N–H and O–H groups in total. The Morgan fingerprint density at radius 2 is 2.08 bits per heavy atom. The highest BCUT2D eigenvalue weighted by molar-refractivity contribution is 5.90. The molecule has 0 aliphatic heterocycles. The fraction of sp³-hybridized carbons (Fsp3) is 0.368. The highest BCUT2D eigenvalue weighted by Crippen LogP contribution is 2.54. The molecule has 0 bridgehead atoms. The SMILES string of the molecule is Cc1cc(=O)n(C)cc1NC(=O)N[C@@H]1[C@H]2CCc3ccccc3[C@@H]21. The smallest absolute Gasteiger partial charge is 0.319 e. The molecule has 2 amide bonds. The maximum absolute atomic E-state index is 12.4. The topological polar surface area (TPSA) is 63.1 Å². The summed E-state index contributed by atoms with van der Waals surface area (Å²) >= 11 is 0. The molecule has 2 aliphatic rings. The van der Waals surface area contributed by atoms with Gasteiger partial charge in [0, 0.05) is 31.3 Å². The van der Waals surface area contributed by atoms with Gasteiger partial charge in [-0.1, -0.05) is 24.3 Å². The van der Waals surface area contributed by atoms with Crippen molar-refractivity contribution in [2.24, 2.45) is 13.0 Å². The Balaban J connectivity index is 1.45. The summed E-state index contributed by atoms with van der Waals surface area (Å²) in [5.41, 5.74) is 4.16. The number of aromatic nitrogens is 1. The van der Waals surface area contributed by atoms with Gasteiger partial charge in [0.25, 0.3) is 5.56 Å². The van der Waals surface area contributed by atoms with Crippen LogP contribution in [0.25, 0.3) is 0 Å². The predicted molar refractivity (Wildman–Crippen MR) is 93.4 cm³/mol. The van der Waals surface area contributed by atoms with Crippen LogP contribution in [0.5, 0.6) is 0 Å². The van der Waals surface area contributed by atoms with Gasteiger partial charge in [-0.2, -0.15) is 0 Å². The number of hydrogen-bond acceptors (Lipinski definition) is 2. The number of carbonyl (C=O) groups is 1. The predicted octanol–water partition coefficient (Wildman–Crippen LogP) is 2.54. The molecule has 5 heteroatoms. The van der Waals surface area contributed by atoms with E-state index in [2.05, 4.69) is 34.9 Å². The molecule has 1 fully saturated rings. The van der Waals surface area contributed by atoms with Gasteiger partial charge in [-0.3, -0.25) is 4.79 Å². The molecular formula is C19H21N3O2. The zero-order valence-corrected chi connectivity index (χ0v) is 13.9. The van der Waals surface area contributed by atoms with Crippen molar-refractivity contribution in [1.82, 2.24) is 9.88 Å². The van der Waals surface area contributed by atoms with Crippen LogP contribution in [0.3, 0.4) is 0 Å². The van der Waals surface area contributed by atoms with Crippen molar-refractivity contribution in [3.8, 4) is 0 Å². The summed E-state index contributed by atoms with van der Waals surface area (Å²) in [6.45, 7) is 1.82. The standard InChI is InChI=1S/C19H21N3O2/c1-11-9-16(23)22(2)10-15(11)20-19(24)21-18-14-8-7-12-5-3-4-6-13(12)17(14)18/h3-6,9-10,14,17-18H,7-8H2,1-2H3,(H2,20,21,24)/t14-,17-,18+/m0/s1. The highest BCUT2D eigenvalue weighted by Gasteiger charge is 2.53. The third-order valence-electron chi connectivity index (χ3n) is 5.31. The molecule has 3 atom stereocenters. The summed E-state index contributed by atoms with van der Waals surface area (Å²) in [6.07, 6.45) is 3.88. The number of nitrogens with one attached hydrogen (secondary N) is 2. The van der Waals surface area contributed by atoms with Crippen molar-refractivity contribution >= 4 is 11.7 Å². The molecule has 1 saturated carbocycles. The number of aryl methyl sites for hydroxylation is 3. The van der Waals surface area contributed by atoms with E-state index >= 15 is 0 Å². The van der Waals surface area contributed by atoms with Crippen LogP contribution in [0.4, 0.5) is 10.5 Å². The number of anilines is 1. The normalized spacial score (nSPS) is 23.8. The molecule has 2 aliphatic carbocycles. The van der Waals surface area contributed by atoms with E-state index in [1.165, 1.54) is 21.8 Å². The molecule has 0 spiro atoms. The fourth-order valence-corrected chi connectivity index (χ4v) is 3.93. The first kappa shape index (κ1) is 15.0.